The Morgan fingerprint density at radius 2 is 1.70 bits per heavy atom. The van der Waals surface area contributed by atoms with Crippen LogP contribution >= 0.6 is 0 Å². The molecule has 0 saturated carbocycles. The topological polar surface area (TPSA) is 155 Å². The fourth-order valence-electron chi connectivity index (χ4n) is 3.58. The zero-order valence-electron chi connectivity index (χ0n) is 21.8. The van der Waals surface area contributed by atoms with E-state index < -0.39 is 34.0 Å². The Balaban J connectivity index is 0.000000708. The molecule has 0 radical (unpaired) electrons. The molecule has 16 heteroatoms. The Morgan fingerprint density at radius 3 is 2.17 bits per heavy atom. The van der Waals surface area contributed by atoms with Crippen molar-refractivity contribution in [3.8, 4) is 0 Å². The molecule has 3 N–H and O–H groups in total. The van der Waals surface area contributed by atoms with Crippen molar-refractivity contribution >= 4 is 33.5 Å². The van der Waals surface area contributed by atoms with Gasteiger partial charge in [-0.1, -0.05) is 0 Å². The van der Waals surface area contributed by atoms with E-state index in [2.05, 4.69) is 14.8 Å². The number of pyridine rings is 1. The van der Waals surface area contributed by atoms with Gasteiger partial charge in [-0.25, -0.2) is 27.4 Å². The van der Waals surface area contributed by atoms with Crippen LogP contribution in [0.15, 0.2) is 41.4 Å². The van der Waals surface area contributed by atoms with Gasteiger partial charge in [0.25, 0.3) is 10.0 Å². The number of aromatic nitrogens is 3. The van der Waals surface area contributed by atoms with E-state index >= 15 is 0 Å². The normalized spacial score (nSPS) is 11.4. The quantitative estimate of drug-likeness (QED) is 0.316. The Labute approximate surface area is 227 Å². The summed E-state index contributed by atoms with van der Waals surface area (Å²) in [6.45, 7) is 4.51. The maximum absolute atomic E-state index is 13.1. The first-order chi connectivity index (χ1) is 18.4. The minimum Gasteiger partial charge on any atom is -0.478 e. The molecule has 0 saturated heterocycles. The summed E-state index contributed by atoms with van der Waals surface area (Å²) in [4.78, 5) is 26.5. The van der Waals surface area contributed by atoms with Crippen LogP contribution in [-0.4, -0.2) is 65.1 Å². The molecule has 40 heavy (non-hydrogen) atoms. The van der Waals surface area contributed by atoms with Crippen LogP contribution < -0.4 is 9.62 Å². The SMILES string of the molecule is Cc1nn(C)c(C)c1CCCN(C)c1ncc(NS(=O)(=O)c2ccc(F)cc2)cc1C(=O)O.O=C(O)C(F)(F)F. The molecule has 0 atom stereocenters. The molecule has 2 aromatic heterocycles. The highest BCUT2D eigenvalue weighted by atomic mass is 32.2. The summed E-state index contributed by atoms with van der Waals surface area (Å²) in [5.74, 6) is -4.32. The lowest BCUT2D eigenvalue weighted by molar-refractivity contribution is -0.192. The second kappa shape index (κ2) is 12.8. The first kappa shape index (κ1) is 32.0. The van der Waals surface area contributed by atoms with Crippen molar-refractivity contribution in [3.63, 3.8) is 0 Å². The van der Waals surface area contributed by atoms with Gasteiger partial charge in [0, 0.05) is 26.3 Å². The number of halogens is 4. The van der Waals surface area contributed by atoms with Gasteiger partial charge in [-0.15, -0.1) is 0 Å². The van der Waals surface area contributed by atoms with E-state index in [-0.39, 0.29) is 22.0 Å². The van der Waals surface area contributed by atoms with E-state index in [0.717, 1.165) is 48.5 Å². The summed E-state index contributed by atoms with van der Waals surface area (Å²) in [5, 5.41) is 21.2. The number of carboxylic acids is 2. The molecular formula is C24H27F4N5O6S. The fourth-order valence-corrected chi connectivity index (χ4v) is 4.62. The molecule has 0 aliphatic rings. The molecule has 11 nitrogen and oxygen atoms in total. The van der Waals surface area contributed by atoms with Gasteiger partial charge in [0.1, 0.15) is 17.2 Å². The van der Waals surface area contributed by atoms with Gasteiger partial charge < -0.3 is 15.1 Å². The van der Waals surface area contributed by atoms with Crippen LogP contribution in [0.5, 0.6) is 0 Å². The fraction of sp³-hybridized carbons (Fsp3) is 0.333. The third-order valence-electron chi connectivity index (χ3n) is 5.66. The smallest absolute Gasteiger partial charge is 0.478 e. The number of alkyl halides is 3. The van der Waals surface area contributed by atoms with Gasteiger partial charge >= 0.3 is 18.1 Å². The molecule has 0 bridgehead atoms. The number of aryl methyl sites for hydroxylation is 2. The zero-order valence-corrected chi connectivity index (χ0v) is 22.6. The van der Waals surface area contributed by atoms with Gasteiger partial charge in [-0.3, -0.25) is 9.40 Å². The van der Waals surface area contributed by atoms with Crippen LogP contribution in [0.2, 0.25) is 0 Å². The zero-order chi connectivity index (χ0) is 30.4. The van der Waals surface area contributed by atoms with Gasteiger partial charge in [0.2, 0.25) is 0 Å². The number of nitrogens with zero attached hydrogens (tertiary/aromatic N) is 4. The van der Waals surface area contributed by atoms with E-state index in [1.165, 1.54) is 17.8 Å². The number of rotatable bonds is 9. The largest absolute Gasteiger partial charge is 0.490 e. The van der Waals surface area contributed by atoms with Gasteiger partial charge in [-0.2, -0.15) is 18.3 Å². The second-order valence-electron chi connectivity index (χ2n) is 8.56. The molecule has 0 spiro atoms. The van der Waals surface area contributed by atoms with Crippen molar-refractivity contribution in [2.75, 3.05) is 23.2 Å². The first-order valence-electron chi connectivity index (χ1n) is 11.5. The standard InChI is InChI=1S/C22H26FN5O4S.C2HF3O2/c1-14-19(15(2)28(4)25-14)6-5-11-27(3)21-20(22(29)30)12-17(13-24-21)26-33(31,32)18-9-7-16(23)8-10-18;3-2(4,5)1(6)7/h7-10,12-13,26H,5-6,11H2,1-4H3,(H,29,30);(H,6,7). The summed E-state index contributed by atoms with van der Waals surface area (Å²) < 4.78 is 74.0. The highest BCUT2D eigenvalue weighted by Gasteiger charge is 2.38. The number of hydrogen-bond donors (Lipinski definition) is 3. The predicted octanol–water partition coefficient (Wildman–Crippen LogP) is 3.77. The number of anilines is 2. The van der Waals surface area contributed by atoms with Crippen molar-refractivity contribution < 1.29 is 45.8 Å². The number of aromatic carboxylic acids is 1. The minimum absolute atomic E-state index is 0.00418. The summed E-state index contributed by atoms with van der Waals surface area (Å²) in [6.07, 6.45) is -2.29. The molecule has 0 amide bonds. The number of carbonyl (C=O) groups is 2. The number of aliphatic carboxylic acids is 1. The number of sulfonamides is 1. The van der Waals surface area contributed by atoms with Gasteiger partial charge in [-0.05, 0) is 62.6 Å². The average Bonchev–Trinajstić information content (AvgIpc) is 3.09. The lowest BCUT2D eigenvalue weighted by Gasteiger charge is -2.20. The monoisotopic (exact) mass is 589 g/mol. The summed E-state index contributed by atoms with van der Waals surface area (Å²) >= 11 is 0. The Hall–Kier alpha value is -4.21. The van der Waals surface area contributed by atoms with E-state index in [1.807, 2.05) is 25.6 Å². The van der Waals surface area contributed by atoms with E-state index in [4.69, 9.17) is 9.90 Å². The Kier molecular flexibility index (Phi) is 10.2. The molecule has 2 heterocycles. The van der Waals surface area contributed by atoms with Crippen LogP contribution in [0.4, 0.5) is 29.1 Å². The van der Waals surface area contributed by atoms with E-state index in [9.17, 15) is 35.9 Å². The van der Waals surface area contributed by atoms with Crippen molar-refractivity contribution in [2.45, 2.75) is 37.8 Å². The second-order valence-corrected chi connectivity index (χ2v) is 10.2. The lowest BCUT2D eigenvalue weighted by atomic mass is 10.1. The molecule has 3 rings (SSSR count). The van der Waals surface area contributed by atoms with Crippen molar-refractivity contribution in [3.05, 3.63) is 64.9 Å². The van der Waals surface area contributed by atoms with Crippen molar-refractivity contribution in [1.82, 2.24) is 14.8 Å². The third kappa shape index (κ3) is 8.39. The summed E-state index contributed by atoms with van der Waals surface area (Å²) in [7, 11) is -0.396. The van der Waals surface area contributed by atoms with Crippen LogP contribution in [0.3, 0.4) is 0 Å². The summed E-state index contributed by atoms with van der Waals surface area (Å²) in [6, 6.07) is 5.52. The van der Waals surface area contributed by atoms with Crippen molar-refractivity contribution in [2.24, 2.45) is 7.05 Å². The highest BCUT2D eigenvalue weighted by Crippen LogP contribution is 2.24. The number of nitrogens with one attached hydrogen (secondary N) is 1. The van der Waals surface area contributed by atoms with Crippen LogP contribution in [0.1, 0.15) is 33.7 Å². The lowest BCUT2D eigenvalue weighted by Crippen LogP contribution is -2.23. The Morgan fingerprint density at radius 1 is 1.12 bits per heavy atom. The molecule has 3 aromatic rings. The molecule has 0 unspecified atom stereocenters. The predicted molar refractivity (Wildman–Crippen MR) is 136 cm³/mol. The molecular weight excluding hydrogens is 562 g/mol. The number of carboxylic acid groups (broad SMARTS) is 2. The molecule has 1 aromatic carbocycles. The molecule has 0 fully saturated rings. The first-order valence-corrected chi connectivity index (χ1v) is 12.9. The summed E-state index contributed by atoms with van der Waals surface area (Å²) in [5.41, 5.74) is 3.10. The molecule has 218 valence electrons. The number of hydrogen-bond acceptors (Lipinski definition) is 7. The number of benzene rings is 1. The van der Waals surface area contributed by atoms with Crippen LogP contribution in [0, 0.1) is 19.7 Å². The van der Waals surface area contributed by atoms with Crippen molar-refractivity contribution in [1.29, 1.82) is 0 Å². The molecule has 0 aliphatic heterocycles. The van der Waals surface area contributed by atoms with E-state index in [0.29, 0.717) is 6.54 Å². The van der Waals surface area contributed by atoms with Crippen LogP contribution in [-0.2, 0) is 28.3 Å². The maximum atomic E-state index is 13.1. The van der Waals surface area contributed by atoms with Gasteiger partial charge in [0.05, 0.1) is 22.5 Å². The van der Waals surface area contributed by atoms with Gasteiger partial charge in [0.15, 0.2) is 0 Å². The molecule has 0 aliphatic carbocycles. The van der Waals surface area contributed by atoms with E-state index in [1.54, 1.807) is 11.9 Å². The average molecular weight is 590 g/mol. The maximum Gasteiger partial charge on any atom is 0.490 e. The minimum atomic E-state index is -5.08. The highest BCUT2D eigenvalue weighted by molar-refractivity contribution is 7.92. The van der Waals surface area contributed by atoms with Crippen LogP contribution in [0.25, 0.3) is 0 Å². The Bertz CT molecular complexity index is 1470. The third-order valence-corrected chi connectivity index (χ3v) is 7.05.